The van der Waals surface area contributed by atoms with Gasteiger partial charge in [0.25, 0.3) is 0 Å². The van der Waals surface area contributed by atoms with Crippen molar-refractivity contribution in [1.82, 2.24) is 0 Å². The third kappa shape index (κ3) is 6.94. The molecule has 0 nitrogen and oxygen atoms in total. The summed E-state index contributed by atoms with van der Waals surface area (Å²) in [7, 11) is 0. The minimum Gasteiger partial charge on any atom is -0.0955 e. The lowest BCUT2D eigenvalue weighted by Crippen LogP contribution is -1.81. The average Bonchev–Trinajstić information content (AvgIpc) is 2.51. The molecule has 0 radical (unpaired) electrons. The zero-order valence-corrected chi connectivity index (χ0v) is 14.5. The van der Waals surface area contributed by atoms with Crippen LogP contribution in [0.4, 0.5) is 0 Å². The Morgan fingerprint density at radius 2 is 1.14 bits per heavy atom. The molecule has 2 rings (SSSR count). The zero-order valence-electron chi connectivity index (χ0n) is 14.5. The molecule has 2 aromatic carbocycles. The summed E-state index contributed by atoms with van der Waals surface area (Å²) in [6.45, 7) is 16.3. The normalized spacial score (nSPS) is 8.86. The predicted molar refractivity (Wildman–Crippen MR) is 98.6 cm³/mol. The monoisotopic (exact) mass is 282 g/mol. The number of hydrogen-bond donors (Lipinski definition) is 0. The molecule has 0 aromatic heterocycles. The van der Waals surface area contributed by atoms with E-state index in [4.69, 9.17) is 0 Å². The van der Waals surface area contributed by atoms with E-state index in [2.05, 4.69) is 75.9 Å². The first-order chi connectivity index (χ1) is 10.1. The maximum Gasteiger partial charge on any atom is -0.0184 e. The highest BCUT2D eigenvalue weighted by atomic mass is 14.0. The molecule has 0 N–H and O–H groups in total. The predicted octanol–water partition coefficient (Wildman–Crippen LogP) is 7.14. The molecule has 0 spiro atoms. The maximum absolute atomic E-state index is 3.94. The van der Waals surface area contributed by atoms with Crippen LogP contribution in [0.2, 0.25) is 0 Å². The summed E-state index contributed by atoms with van der Waals surface area (Å²) >= 11 is 0. The highest BCUT2D eigenvalue weighted by molar-refractivity contribution is 5.68. The average molecular weight is 282 g/mol. The van der Waals surface area contributed by atoms with Crippen LogP contribution in [0.1, 0.15) is 52.2 Å². The molecule has 0 unspecified atom stereocenters. The van der Waals surface area contributed by atoms with Gasteiger partial charge in [-0.05, 0) is 30.5 Å². The number of rotatable bonds is 2. The van der Waals surface area contributed by atoms with Crippen molar-refractivity contribution in [3.8, 4) is 11.1 Å². The van der Waals surface area contributed by atoms with Crippen LogP contribution >= 0.6 is 0 Å². The first-order valence-corrected chi connectivity index (χ1v) is 7.91. The van der Waals surface area contributed by atoms with Crippen molar-refractivity contribution in [2.75, 3.05) is 0 Å². The number of benzene rings is 2. The van der Waals surface area contributed by atoms with Gasteiger partial charge in [0.2, 0.25) is 0 Å². The molecule has 0 heteroatoms. The van der Waals surface area contributed by atoms with Gasteiger partial charge in [-0.15, -0.1) is 0 Å². The van der Waals surface area contributed by atoms with Crippen LogP contribution in [0.15, 0.2) is 55.1 Å². The van der Waals surface area contributed by atoms with Crippen LogP contribution in [0.3, 0.4) is 0 Å². The minimum atomic E-state index is 1.11. The quantitative estimate of drug-likeness (QED) is 0.549. The molecule has 0 saturated carbocycles. The van der Waals surface area contributed by atoms with Gasteiger partial charge < -0.3 is 0 Å². The smallest absolute Gasteiger partial charge is 0.0184 e. The standard InChI is InChI=1S/C16H16.C3H8.C2H6/c1-12(2)14-8-10-16(11-9-14)15-6-4-13(3)5-7-15;1-3-2;1-2/h4-11H,1H2,2-3H3;3H2,1-2H3;1-2H3. The van der Waals surface area contributed by atoms with E-state index in [1.807, 2.05) is 20.8 Å². The lowest BCUT2D eigenvalue weighted by Gasteiger charge is -2.04. The molecule has 0 saturated heterocycles. The van der Waals surface area contributed by atoms with Crippen molar-refractivity contribution in [3.63, 3.8) is 0 Å². The van der Waals surface area contributed by atoms with E-state index in [0.717, 1.165) is 5.57 Å². The van der Waals surface area contributed by atoms with Crippen LogP contribution in [0, 0.1) is 6.92 Å². The van der Waals surface area contributed by atoms with Gasteiger partial charge in [0.15, 0.2) is 0 Å². The molecule has 0 heterocycles. The van der Waals surface area contributed by atoms with Crippen LogP contribution in [-0.4, -0.2) is 0 Å². The number of allylic oxidation sites excluding steroid dienone is 1. The van der Waals surface area contributed by atoms with Gasteiger partial charge in [0.05, 0.1) is 0 Å². The molecule has 0 aliphatic carbocycles. The largest absolute Gasteiger partial charge is 0.0955 e. The number of hydrogen-bond acceptors (Lipinski definition) is 0. The van der Waals surface area contributed by atoms with E-state index in [1.54, 1.807) is 0 Å². The van der Waals surface area contributed by atoms with Crippen molar-refractivity contribution in [3.05, 3.63) is 66.2 Å². The van der Waals surface area contributed by atoms with Crippen molar-refractivity contribution in [1.29, 1.82) is 0 Å². The molecule has 2 aromatic rings. The summed E-state index contributed by atoms with van der Waals surface area (Å²) in [5, 5.41) is 0. The van der Waals surface area contributed by atoms with Crippen molar-refractivity contribution < 1.29 is 0 Å². The topological polar surface area (TPSA) is 0 Å². The Morgan fingerprint density at radius 1 is 0.810 bits per heavy atom. The van der Waals surface area contributed by atoms with Gasteiger partial charge in [0, 0.05) is 0 Å². The first kappa shape index (κ1) is 19.2. The molecule has 114 valence electrons. The second kappa shape index (κ2) is 10.9. The van der Waals surface area contributed by atoms with Crippen LogP contribution in [0.25, 0.3) is 16.7 Å². The molecule has 0 aliphatic rings. The lowest BCUT2D eigenvalue weighted by molar-refractivity contribution is 1.09. The molecule has 0 bridgehead atoms. The van der Waals surface area contributed by atoms with E-state index in [9.17, 15) is 0 Å². The van der Waals surface area contributed by atoms with E-state index in [-0.39, 0.29) is 0 Å². The van der Waals surface area contributed by atoms with E-state index >= 15 is 0 Å². The summed E-state index contributed by atoms with van der Waals surface area (Å²) in [4.78, 5) is 0. The number of aryl methyl sites for hydroxylation is 1. The Hall–Kier alpha value is -1.82. The van der Waals surface area contributed by atoms with Gasteiger partial charge in [-0.1, -0.05) is 100 Å². The summed E-state index contributed by atoms with van der Waals surface area (Å²) < 4.78 is 0. The first-order valence-electron chi connectivity index (χ1n) is 7.91. The van der Waals surface area contributed by atoms with Crippen molar-refractivity contribution in [2.24, 2.45) is 0 Å². The van der Waals surface area contributed by atoms with Gasteiger partial charge in [-0.25, -0.2) is 0 Å². The van der Waals surface area contributed by atoms with Crippen LogP contribution < -0.4 is 0 Å². The summed E-state index contributed by atoms with van der Waals surface area (Å²) in [5.74, 6) is 0. The zero-order chi connectivity index (χ0) is 16.3. The fourth-order valence-electron chi connectivity index (χ4n) is 1.69. The fraction of sp³-hybridized carbons (Fsp3) is 0.333. The molecule has 0 aliphatic heterocycles. The highest BCUT2D eigenvalue weighted by Crippen LogP contribution is 2.22. The third-order valence-corrected chi connectivity index (χ3v) is 2.76. The molecular formula is C21H30. The van der Waals surface area contributed by atoms with Crippen molar-refractivity contribution in [2.45, 2.75) is 48.0 Å². The Bertz CT molecular complexity index is 501. The fourth-order valence-corrected chi connectivity index (χ4v) is 1.69. The molecule has 21 heavy (non-hydrogen) atoms. The Balaban J connectivity index is 0.000000713. The second-order valence-electron chi connectivity index (χ2n) is 4.93. The minimum absolute atomic E-state index is 1.11. The molecule has 0 atom stereocenters. The Kier molecular flexibility index (Phi) is 9.96. The summed E-state index contributed by atoms with van der Waals surface area (Å²) in [6.07, 6.45) is 1.25. The van der Waals surface area contributed by atoms with E-state index in [1.165, 1.54) is 28.7 Å². The van der Waals surface area contributed by atoms with Gasteiger partial charge >= 0.3 is 0 Å². The summed E-state index contributed by atoms with van der Waals surface area (Å²) in [6, 6.07) is 17.1. The second-order valence-corrected chi connectivity index (χ2v) is 4.93. The lowest BCUT2D eigenvalue weighted by atomic mass is 10.0. The van der Waals surface area contributed by atoms with Crippen LogP contribution in [-0.2, 0) is 0 Å². The van der Waals surface area contributed by atoms with Gasteiger partial charge in [0.1, 0.15) is 0 Å². The summed E-state index contributed by atoms with van der Waals surface area (Å²) in [5.41, 5.74) is 6.12. The van der Waals surface area contributed by atoms with Gasteiger partial charge in [-0.2, -0.15) is 0 Å². The maximum atomic E-state index is 3.94. The molecule has 0 fully saturated rings. The van der Waals surface area contributed by atoms with E-state index in [0.29, 0.717) is 0 Å². The van der Waals surface area contributed by atoms with Crippen LogP contribution in [0.5, 0.6) is 0 Å². The molecule has 0 amide bonds. The Morgan fingerprint density at radius 3 is 1.48 bits per heavy atom. The Labute approximate surface area is 131 Å². The third-order valence-electron chi connectivity index (χ3n) is 2.76. The molecular weight excluding hydrogens is 252 g/mol. The van der Waals surface area contributed by atoms with E-state index < -0.39 is 0 Å². The highest BCUT2D eigenvalue weighted by Gasteiger charge is 1.98. The SMILES string of the molecule is C=C(C)c1ccc(-c2ccc(C)cc2)cc1.CC.CCC. The van der Waals surface area contributed by atoms with Gasteiger partial charge in [-0.3, -0.25) is 0 Å². The van der Waals surface area contributed by atoms with Crippen molar-refractivity contribution >= 4 is 5.57 Å².